The maximum Gasteiger partial charge on any atom is 0.264 e. The molecule has 1 amide bonds. The summed E-state index contributed by atoms with van der Waals surface area (Å²) in [5, 5.41) is 6.50. The molecule has 0 atom stereocenters. The second-order valence-electron chi connectivity index (χ2n) is 8.30. The first-order valence-electron chi connectivity index (χ1n) is 12.1. The number of carbonyl (C=O) groups is 1. The first kappa shape index (κ1) is 30.4. The van der Waals surface area contributed by atoms with Crippen molar-refractivity contribution in [2.24, 2.45) is 5.90 Å². The van der Waals surface area contributed by atoms with Crippen LogP contribution in [0, 0.1) is 0 Å². The van der Waals surface area contributed by atoms with E-state index in [0.29, 0.717) is 5.69 Å². The van der Waals surface area contributed by atoms with Gasteiger partial charge in [-0.1, -0.05) is 96.8 Å². The summed E-state index contributed by atoms with van der Waals surface area (Å²) in [7, 11) is -3.80. The molecule has 0 bridgehead atoms. The average molecular weight is 472 g/mol. The zero-order valence-corrected chi connectivity index (χ0v) is 20.7. The highest BCUT2D eigenvalue weighted by Crippen LogP contribution is 2.14. The van der Waals surface area contributed by atoms with Crippen molar-refractivity contribution < 1.29 is 18.4 Å². The molecule has 0 spiro atoms. The van der Waals surface area contributed by atoms with Crippen LogP contribution in [0.5, 0.6) is 0 Å². The molecule has 0 fully saturated rings. The number of amides is 1. The monoisotopic (exact) mass is 471 g/mol. The summed E-state index contributed by atoms with van der Waals surface area (Å²) in [6.07, 6.45) is 19.2. The van der Waals surface area contributed by atoms with Crippen molar-refractivity contribution in [3.05, 3.63) is 24.3 Å². The zero-order chi connectivity index (χ0) is 24.1. The first-order chi connectivity index (χ1) is 15.5. The molecular weight excluding hydrogens is 426 g/mol. The predicted molar refractivity (Wildman–Crippen MR) is 132 cm³/mol. The molecule has 1 aromatic rings. The first-order valence-corrected chi connectivity index (χ1v) is 13.6. The summed E-state index contributed by atoms with van der Waals surface area (Å²) < 4.78 is 26.4. The second kappa shape index (κ2) is 20.0. The SMILES string of the molecule is CCCCCCCCCCCCCCCCCC(=O)NS(=O)(=O)c1ccc(N)cc1.NO. The minimum absolute atomic E-state index is 0.0570. The zero-order valence-electron chi connectivity index (χ0n) is 19.9. The van der Waals surface area contributed by atoms with Gasteiger partial charge in [-0.2, -0.15) is 0 Å². The molecule has 0 radical (unpaired) electrons. The minimum atomic E-state index is -3.80. The predicted octanol–water partition coefficient (Wildman–Crippen LogP) is 5.67. The van der Waals surface area contributed by atoms with Gasteiger partial charge in [-0.25, -0.2) is 19.0 Å². The Hall–Kier alpha value is -1.64. The number of nitrogens with two attached hydrogens (primary N) is 2. The summed E-state index contributed by atoms with van der Waals surface area (Å²) in [6, 6.07) is 5.82. The Morgan fingerprint density at radius 1 is 0.750 bits per heavy atom. The Kier molecular flexibility index (Phi) is 19.0. The molecule has 1 rings (SSSR count). The van der Waals surface area contributed by atoms with Crippen molar-refractivity contribution in [3.8, 4) is 0 Å². The van der Waals surface area contributed by atoms with E-state index in [4.69, 9.17) is 10.9 Å². The van der Waals surface area contributed by atoms with E-state index in [-0.39, 0.29) is 11.3 Å². The van der Waals surface area contributed by atoms with Gasteiger partial charge < -0.3 is 10.9 Å². The van der Waals surface area contributed by atoms with Gasteiger partial charge in [-0.05, 0) is 30.7 Å². The van der Waals surface area contributed by atoms with Gasteiger partial charge >= 0.3 is 0 Å². The molecule has 0 aliphatic rings. The van der Waals surface area contributed by atoms with Crippen molar-refractivity contribution in [3.63, 3.8) is 0 Å². The van der Waals surface area contributed by atoms with Gasteiger partial charge in [0.1, 0.15) is 0 Å². The van der Waals surface area contributed by atoms with E-state index in [1.807, 2.05) is 0 Å². The quantitative estimate of drug-likeness (QED) is 0.124. The fraction of sp³-hybridized carbons (Fsp3) is 0.708. The van der Waals surface area contributed by atoms with Gasteiger partial charge in [-0.15, -0.1) is 0 Å². The molecule has 0 aromatic heterocycles. The Morgan fingerprint density at radius 2 is 1.12 bits per heavy atom. The molecule has 0 unspecified atom stereocenters. The third kappa shape index (κ3) is 16.1. The summed E-state index contributed by atoms with van der Waals surface area (Å²) in [6.45, 7) is 2.26. The molecule has 1 aromatic carbocycles. The van der Waals surface area contributed by atoms with E-state index in [1.54, 1.807) is 0 Å². The molecule has 7 nitrogen and oxygen atoms in total. The van der Waals surface area contributed by atoms with E-state index >= 15 is 0 Å². The number of sulfonamides is 1. The fourth-order valence-electron chi connectivity index (χ4n) is 3.56. The van der Waals surface area contributed by atoms with Crippen molar-refractivity contribution >= 4 is 21.6 Å². The molecule has 32 heavy (non-hydrogen) atoms. The summed E-state index contributed by atoms with van der Waals surface area (Å²) in [5.41, 5.74) is 6.04. The molecule has 6 N–H and O–H groups in total. The molecule has 0 heterocycles. The van der Waals surface area contributed by atoms with E-state index in [1.165, 1.54) is 101 Å². The smallest absolute Gasteiger partial charge is 0.264 e. The van der Waals surface area contributed by atoms with Gasteiger partial charge in [0.05, 0.1) is 4.90 Å². The van der Waals surface area contributed by atoms with Crippen LogP contribution in [-0.4, -0.2) is 19.5 Å². The van der Waals surface area contributed by atoms with Gasteiger partial charge in [0.15, 0.2) is 0 Å². The maximum absolute atomic E-state index is 12.1. The highest BCUT2D eigenvalue weighted by Gasteiger charge is 2.16. The lowest BCUT2D eigenvalue weighted by Gasteiger charge is -2.07. The summed E-state index contributed by atoms with van der Waals surface area (Å²) in [4.78, 5) is 12.0. The number of carbonyl (C=O) groups excluding carboxylic acids is 1. The third-order valence-corrected chi connectivity index (χ3v) is 6.84. The van der Waals surface area contributed by atoms with Crippen LogP contribution in [0.15, 0.2) is 29.2 Å². The van der Waals surface area contributed by atoms with Crippen LogP contribution >= 0.6 is 0 Å². The van der Waals surface area contributed by atoms with Gasteiger partial charge in [0.25, 0.3) is 10.0 Å². The van der Waals surface area contributed by atoms with Crippen molar-refractivity contribution in [1.82, 2.24) is 4.72 Å². The molecule has 8 heteroatoms. The van der Waals surface area contributed by atoms with Crippen LogP contribution < -0.4 is 16.4 Å². The number of rotatable bonds is 18. The number of hydrogen-bond donors (Lipinski definition) is 4. The number of anilines is 1. The maximum atomic E-state index is 12.1. The van der Waals surface area contributed by atoms with Crippen LogP contribution in [0.25, 0.3) is 0 Å². The highest BCUT2D eigenvalue weighted by molar-refractivity contribution is 7.90. The topological polar surface area (TPSA) is 136 Å². The van der Waals surface area contributed by atoms with E-state index in [2.05, 4.69) is 17.5 Å². The number of nitrogens with one attached hydrogen (secondary N) is 1. The lowest BCUT2D eigenvalue weighted by Crippen LogP contribution is -2.30. The molecular formula is C24H45N3O4S. The number of benzene rings is 1. The Morgan fingerprint density at radius 3 is 1.53 bits per heavy atom. The van der Waals surface area contributed by atoms with Gasteiger partial charge in [0, 0.05) is 12.1 Å². The van der Waals surface area contributed by atoms with Gasteiger partial charge in [0.2, 0.25) is 5.91 Å². The number of nitrogen functional groups attached to an aromatic ring is 1. The Labute approximate surface area is 195 Å². The Bertz CT molecular complexity index is 679. The molecule has 0 saturated heterocycles. The largest absolute Gasteiger partial charge is 0.399 e. The lowest BCUT2D eigenvalue weighted by atomic mass is 10.0. The highest BCUT2D eigenvalue weighted by atomic mass is 32.2. The average Bonchev–Trinajstić information content (AvgIpc) is 2.78. The van der Waals surface area contributed by atoms with Crippen LogP contribution in [0.4, 0.5) is 5.69 Å². The van der Waals surface area contributed by atoms with Crippen molar-refractivity contribution in [2.75, 3.05) is 5.73 Å². The summed E-state index contributed by atoms with van der Waals surface area (Å²) >= 11 is 0. The van der Waals surface area contributed by atoms with E-state index in [9.17, 15) is 13.2 Å². The molecule has 0 aliphatic heterocycles. The van der Waals surface area contributed by atoms with Crippen LogP contribution in [0.2, 0.25) is 0 Å². The van der Waals surface area contributed by atoms with Crippen LogP contribution in [0.3, 0.4) is 0 Å². The van der Waals surface area contributed by atoms with Crippen LogP contribution in [-0.2, 0) is 14.8 Å². The van der Waals surface area contributed by atoms with Crippen molar-refractivity contribution in [2.45, 2.75) is 115 Å². The molecule has 186 valence electrons. The van der Waals surface area contributed by atoms with Crippen LogP contribution in [0.1, 0.15) is 110 Å². The fourth-order valence-corrected chi connectivity index (χ4v) is 4.58. The second-order valence-corrected chi connectivity index (χ2v) is 9.98. The van der Waals surface area contributed by atoms with Gasteiger partial charge in [-0.3, -0.25) is 4.79 Å². The molecule has 0 aliphatic carbocycles. The lowest BCUT2D eigenvalue weighted by molar-refractivity contribution is -0.119. The third-order valence-electron chi connectivity index (χ3n) is 5.45. The normalized spacial score (nSPS) is 11.0. The van der Waals surface area contributed by atoms with E-state index < -0.39 is 15.9 Å². The Balaban J connectivity index is 0.00000466. The van der Waals surface area contributed by atoms with Crippen molar-refractivity contribution in [1.29, 1.82) is 0 Å². The summed E-state index contributed by atoms with van der Waals surface area (Å²) in [5.74, 6) is 3.06. The standard InChI is InChI=1S/C24H42N2O3S.H3NO/c1-2-3-4-5-6-7-8-9-10-11-12-13-14-15-16-17-24(27)26-30(28,29)23-20-18-22(25)19-21-23;1-2/h18-21H,2-17,25H2,1H3,(H,26,27);2H,1H2. The number of unbranched alkanes of at least 4 members (excludes halogenated alkanes) is 14. The minimum Gasteiger partial charge on any atom is -0.399 e. The molecule has 0 saturated carbocycles. The van der Waals surface area contributed by atoms with E-state index in [0.717, 1.165) is 19.3 Å². The number of hydrogen-bond acceptors (Lipinski definition) is 6.